The number of unbranched alkanes of at least 4 members (excludes halogenated alkanes) is 10. The molecule has 0 aliphatic carbocycles. The summed E-state index contributed by atoms with van der Waals surface area (Å²) in [6, 6.07) is -3.13. The van der Waals surface area contributed by atoms with E-state index in [0.29, 0.717) is 13.1 Å². The van der Waals surface area contributed by atoms with Crippen LogP contribution in [0, 0.1) is 0 Å². The lowest BCUT2D eigenvalue weighted by atomic mass is 9.92. The fourth-order valence-corrected chi connectivity index (χ4v) is 7.41. The third-order valence-electron chi connectivity index (χ3n) is 10.6. The van der Waals surface area contributed by atoms with Crippen molar-refractivity contribution < 1.29 is 64.5 Å². The molecule has 15 atom stereocenters. The van der Waals surface area contributed by atoms with E-state index in [1.165, 1.54) is 0 Å². The van der Waals surface area contributed by atoms with Crippen molar-refractivity contribution in [1.82, 2.24) is 10.2 Å². The van der Waals surface area contributed by atoms with Gasteiger partial charge in [0.1, 0.15) is 54.9 Å². The largest absolute Gasteiger partial charge is 0.394 e. The van der Waals surface area contributed by atoms with Crippen LogP contribution in [0.15, 0.2) is 0 Å². The zero-order chi connectivity index (χ0) is 37.5. The lowest BCUT2D eigenvalue weighted by Crippen LogP contribution is -2.70. The molecular formula is C35H69N3O13. The maximum atomic E-state index is 12.3. The number of aliphatic hydroxyl groups is 8. The SMILES string of the molecule is CCCCCCCCN(CCCCCCCC)[C@H]1[C@H](OC2[C@@H](CO)O[C@@H](O)[C@H](N)[C@H]2O)O[C@H](CO)C(O[C@@H]2O[C@H](CO)[C@@H](O)[C@H](O)[C@H]2NC)[C@@H]1O. The molecule has 0 aromatic carbocycles. The standard InChI is InChI=1S/C35H69N3O13/c1-4-6-8-10-12-14-16-38(17-15-13-11-9-7-5-2)26-30(45)32(50-34-25(37-3)29(44)27(42)21(18-39)48-34)23(20-41)49-35(26)51-31-22(19-40)47-33(46)24(36)28(31)43/h21-35,37,39-46H,4-20,36H2,1-3H3/t21-,22-,23-,24-,25-,26-,27-,28-,29-,30-,31?,32?,33-,34+,35+/m1/s1. The van der Waals surface area contributed by atoms with Gasteiger partial charge in [-0.15, -0.1) is 0 Å². The first-order chi connectivity index (χ1) is 24.6. The highest BCUT2D eigenvalue weighted by Crippen LogP contribution is 2.34. The van der Waals surface area contributed by atoms with Gasteiger partial charge < -0.3 is 75.6 Å². The van der Waals surface area contributed by atoms with Crippen LogP contribution in [0.2, 0.25) is 0 Å². The minimum absolute atomic E-state index is 0.574. The van der Waals surface area contributed by atoms with E-state index in [1.54, 1.807) is 7.05 Å². The van der Waals surface area contributed by atoms with Crippen molar-refractivity contribution in [2.75, 3.05) is 40.0 Å². The van der Waals surface area contributed by atoms with Crippen molar-refractivity contribution in [2.45, 2.75) is 183 Å². The van der Waals surface area contributed by atoms with Gasteiger partial charge in [-0.3, -0.25) is 4.90 Å². The first kappa shape index (κ1) is 44.8. The van der Waals surface area contributed by atoms with Crippen LogP contribution in [0.4, 0.5) is 0 Å². The number of hydrogen-bond acceptors (Lipinski definition) is 16. The topological polar surface area (TPSA) is 249 Å². The molecule has 0 bridgehead atoms. The van der Waals surface area contributed by atoms with Gasteiger partial charge >= 0.3 is 0 Å². The summed E-state index contributed by atoms with van der Waals surface area (Å²) < 4.78 is 30.3. The minimum atomic E-state index is -1.54. The average Bonchev–Trinajstić information content (AvgIpc) is 3.13. The van der Waals surface area contributed by atoms with Crippen molar-refractivity contribution in [3.8, 4) is 0 Å². The second-order valence-electron chi connectivity index (χ2n) is 14.3. The number of rotatable bonds is 23. The van der Waals surface area contributed by atoms with E-state index in [2.05, 4.69) is 24.1 Å². The van der Waals surface area contributed by atoms with Crippen molar-refractivity contribution in [2.24, 2.45) is 5.73 Å². The van der Waals surface area contributed by atoms with Gasteiger partial charge in [-0.1, -0.05) is 78.1 Å². The highest BCUT2D eigenvalue weighted by Gasteiger charge is 2.54. The summed E-state index contributed by atoms with van der Waals surface area (Å²) >= 11 is 0. The molecule has 3 heterocycles. The second-order valence-corrected chi connectivity index (χ2v) is 14.3. The molecule has 3 aliphatic heterocycles. The van der Waals surface area contributed by atoms with E-state index in [9.17, 15) is 40.9 Å². The number of nitrogens with zero attached hydrogens (tertiary/aromatic N) is 1. The quantitative estimate of drug-likeness (QED) is 0.0544. The molecule has 2 unspecified atom stereocenters. The van der Waals surface area contributed by atoms with Gasteiger partial charge in [0.25, 0.3) is 0 Å². The van der Waals surface area contributed by atoms with Crippen LogP contribution >= 0.6 is 0 Å². The van der Waals surface area contributed by atoms with Crippen LogP contribution in [0.25, 0.3) is 0 Å². The van der Waals surface area contributed by atoms with E-state index in [0.717, 1.165) is 77.0 Å². The number of likely N-dealkylation sites (N-methyl/N-ethyl adjacent to an activating group) is 1. The van der Waals surface area contributed by atoms with Gasteiger partial charge in [-0.2, -0.15) is 0 Å². The number of aliphatic hydroxyl groups excluding tert-OH is 8. The maximum Gasteiger partial charge on any atom is 0.176 e. The van der Waals surface area contributed by atoms with Crippen molar-refractivity contribution in [1.29, 1.82) is 0 Å². The van der Waals surface area contributed by atoms with Crippen LogP contribution in [-0.2, 0) is 23.7 Å². The van der Waals surface area contributed by atoms with Crippen LogP contribution in [0.3, 0.4) is 0 Å². The molecule has 3 aliphatic rings. The molecule has 16 nitrogen and oxygen atoms in total. The molecule has 3 fully saturated rings. The number of hydrogen-bond donors (Lipinski definition) is 10. The number of nitrogens with two attached hydrogens (primary N) is 1. The molecule has 16 heteroatoms. The Hall–Kier alpha value is -0.640. The zero-order valence-electron chi connectivity index (χ0n) is 30.8. The third kappa shape index (κ3) is 12.2. The fourth-order valence-electron chi connectivity index (χ4n) is 7.41. The Morgan fingerprint density at radius 1 is 0.588 bits per heavy atom. The molecule has 11 N–H and O–H groups in total. The van der Waals surface area contributed by atoms with Crippen LogP contribution in [0.5, 0.6) is 0 Å². The Kier molecular flexibility index (Phi) is 20.5. The van der Waals surface area contributed by atoms with Gasteiger partial charge in [0.15, 0.2) is 18.9 Å². The van der Waals surface area contributed by atoms with Gasteiger partial charge in [-0.25, -0.2) is 0 Å². The fraction of sp³-hybridized carbons (Fsp3) is 1.00. The van der Waals surface area contributed by atoms with E-state index in [-0.39, 0.29) is 0 Å². The molecule has 0 aromatic rings. The molecule has 0 aromatic heterocycles. The number of nitrogens with one attached hydrogen (secondary N) is 1. The first-order valence-corrected chi connectivity index (χ1v) is 19.2. The Bertz CT molecular complexity index is 912. The molecular weight excluding hydrogens is 670 g/mol. The molecule has 51 heavy (non-hydrogen) atoms. The monoisotopic (exact) mass is 739 g/mol. The Labute approximate surface area is 303 Å². The van der Waals surface area contributed by atoms with Gasteiger partial charge in [-0.05, 0) is 33.0 Å². The van der Waals surface area contributed by atoms with E-state index < -0.39 is 112 Å². The minimum Gasteiger partial charge on any atom is -0.394 e. The van der Waals surface area contributed by atoms with E-state index in [1.807, 2.05) is 0 Å². The summed E-state index contributed by atoms with van der Waals surface area (Å²) in [5.41, 5.74) is 6.01. The molecule has 0 amide bonds. The van der Waals surface area contributed by atoms with E-state index >= 15 is 0 Å². The summed E-state index contributed by atoms with van der Waals surface area (Å²) in [5, 5.41) is 88.2. The molecule has 0 radical (unpaired) electrons. The summed E-state index contributed by atoms with van der Waals surface area (Å²) in [7, 11) is 1.54. The lowest BCUT2D eigenvalue weighted by molar-refractivity contribution is -0.359. The van der Waals surface area contributed by atoms with E-state index in [4.69, 9.17) is 29.4 Å². The Balaban J connectivity index is 1.95. The second kappa shape index (κ2) is 23.3. The third-order valence-corrected chi connectivity index (χ3v) is 10.6. The van der Waals surface area contributed by atoms with Gasteiger partial charge in [0.2, 0.25) is 0 Å². The molecule has 0 saturated carbocycles. The summed E-state index contributed by atoms with van der Waals surface area (Å²) in [5.74, 6) is 0. The summed E-state index contributed by atoms with van der Waals surface area (Å²) in [4.78, 5) is 2.09. The highest BCUT2D eigenvalue weighted by molar-refractivity contribution is 5.00. The highest BCUT2D eigenvalue weighted by atomic mass is 16.7. The molecule has 3 saturated heterocycles. The normalized spacial score (nSPS) is 39.1. The maximum absolute atomic E-state index is 12.3. The van der Waals surface area contributed by atoms with Gasteiger partial charge in [0.05, 0.1) is 37.9 Å². The van der Waals surface area contributed by atoms with Crippen molar-refractivity contribution >= 4 is 0 Å². The number of ether oxygens (including phenoxy) is 5. The van der Waals surface area contributed by atoms with Crippen molar-refractivity contribution in [3.05, 3.63) is 0 Å². The molecule has 3 rings (SSSR count). The zero-order valence-corrected chi connectivity index (χ0v) is 30.8. The van der Waals surface area contributed by atoms with Crippen LogP contribution in [0.1, 0.15) is 90.9 Å². The summed E-state index contributed by atoms with van der Waals surface area (Å²) in [6.45, 7) is 3.65. The average molecular weight is 740 g/mol. The summed E-state index contributed by atoms with van der Waals surface area (Å²) in [6.07, 6.45) is -3.21. The smallest absolute Gasteiger partial charge is 0.176 e. The van der Waals surface area contributed by atoms with Crippen LogP contribution < -0.4 is 11.1 Å². The molecule has 0 spiro atoms. The van der Waals surface area contributed by atoms with Gasteiger partial charge in [0, 0.05) is 0 Å². The molecule has 302 valence electrons. The van der Waals surface area contributed by atoms with Crippen LogP contribution in [-0.4, -0.2) is 178 Å². The lowest BCUT2D eigenvalue weighted by Gasteiger charge is -2.52. The Morgan fingerprint density at radius 3 is 1.59 bits per heavy atom. The predicted octanol–water partition coefficient (Wildman–Crippen LogP) is -1.35. The Morgan fingerprint density at radius 2 is 1.06 bits per heavy atom. The first-order valence-electron chi connectivity index (χ1n) is 19.2. The predicted molar refractivity (Wildman–Crippen MR) is 186 cm³/mol. The van der Waals surface area contributed by atoms with Crippen molar-refractivity contribution in [3.63, 3.8) is 0 Å².